The normalized spacial score (nSPS) is 16.0. The van der Waals surface area contributed by atoms with Crippen LogP contribution in [0.15, 0.2) is 21.7 Å². The number of hydrogen-bond donors (Lipinski definition) is 1. The van der Waals surface area contributed by atoms with Crippen molar-refractivity contribution in [1.82, 2.24) is 19.9 Å². The molecule has 0 amide bonds. The molecule has 9 heteroatoms. The second-order valence-corrected chi connectivity index (χ2v) is 4.72. The number of oxazole rings is 1. The highest BCUT2D eigenvalue weighted by atomic mass is 19.4. The zero-order valence-corrected chi connectivity index (χ0v) is 10.8. The first-order valence-electron chi connectivity index (χ1n) is 6.23. The molecule has 0 fully saturated rings. The summed E-state index contributed by atoms with van der Waals surface area (Å²) in [6.07, 6.45) is -1.42. The minimum atomic E-state index is -4.65. The number of nitrogens with zero attached hydrogens (tertiary/aromatic N) is 3. The van der Waals surface area contributed by atoms with E-state index in [2.05, 4.69) is 9.97 Å². The molecule has 0 aliphatic carbocycles. The summed E-state index contributed by atoms with van der Waals surface area (Å²) in [4.78, 5) is 23.0. The van der Waals surface area contributed by atoms with Gasteiger partial charge in [0.15, 0.2) is 0 Å². The summed E-state index contributed by atoms with van der Waals surface area (Å²) < 4.78 is 42.9. The minimum absolute atomic E-state index is 0.203. The van der Waals surface area contributed by atoms with Gasteiger partial charge in [-0.25, -0.2) is 9.97 Å². The average molecular weight is 300 g/mol. The summed E-state index contributed by atoms with van der Waals surface area (Å²) in [6, 6.07) is 0. The maximum atomic E-state index is 12.6. The van der Waals surface area contributed by atoms with Crippen molar-refractivity contribution in [3.63, 3.8) is 0 Å². The molecule has 0 atom stereocenters. The molecule has 1 aliphatic heterocycles. The van der Waals surface area contributed by atoms with Crippen molar-refractivity contribution in [1.29, 1.82) is 0 Å². The number of aromatic nitrogens is 3. The summed E-state index contributed by atoms with van der Waals surface area (Å²) in [7, 11) is 0. The van der Waals surface area contributed by atoms with Crippen LogP contribution in [-0.2, 0) is 25.7 Å². The highest BCUT2D eigenvalue weighted by molar-refractivity contribution is 5.21. The molecule has 6 nitrogen and oxygen atoms in total. The Morgan fingerprint density at radius 3 is 2.90 bits per heavy atom. The molecule has 0 spiro atoms. The van der Waals surface area contributed by atoms with E-state index in [9.17, 15) is 18.0 Å². The molecule has 2 aromatic rings. The third-order valence-corrected chi connectivity index (χ3v) is 3.26. The van der Waals surface area contributed by atoms with Crippen LogP contribution in [0.1, 0.15) is 23.0 Å². The summed E-state index contributed by atoms with van der Waals surface area (Å²) in [5, 5.41) is 0. The van der Waals surface area contributed by atoms with Crippen LogP contribution in [0.25, 0.3) is 0 Å². The van der Waals surface area contributed by atoms with Gasteiger partial charge in [0.25, 0.3) is 5.56 Å². The molecule has 3 rings (SSSR count). The lowest BCUT2D eigenvalue weighted by molar-refractivity contribution is -0.145. The third-order valence-electron chi connectivity index (χ3n) is 3.26. The van der Waals surface area contributed by atoms with Crippen molar-refractivity contribution >= 4 is 0 Å². The van der Waals surface area contributed by atoms with Crippen LogP contribution in [0, 0.1) is 0 Å². The van der Waals surface area contributed by atoms with Crippen LogP contribution < -0.4 is 5.56 Å². The Labute approximate surface area is 116 Å². The highest BCUT2D eigenvalue weighted by Gasteiger charge is 2.35. The highest BCUT2D eigenvalue weighted by Crippen LogP contribution is 2.26. The number of fused-ring (bicyclic) bond motifs is 1. The molecule has 1 N–H and O–H groups in total. The number of halogens is 3. The van der Waals surface area contributed by atoms with Gasteiger partial charge in [0.05, 0.1) is 24.0 Å². The van der Waals surface area contributed by atoms with Gasteiger partial charge in [0, 0.05) is 19.5 Å². The van der Waals surface area contributed by atoms with E-state index >= 15 is 0 Å². The van der Waals surface area contributed by atoms with Gasteiger partial charge in [-0.3, -0.25) is 9.69 Å². The van der Waals surface area contributed by atoms with E-state index in [0.717, 1.165) is 0 Å². The largest absolute Gasteiger partial charge is 0.449 e. The van der Waals surface area contributed by atoms with Gasteiger partial charge >= 0.3 is 6.18 Å². The lowest BCUT2D eigenvalue weighted by Gasteiger charge is -2.26. The molecule has 0 saturated carbocycles. The van der Waals surface area contributed by atoms with Crippen molar-refractivity contribution in [2.24, 2.45) is 0 Å². The van der Waals surface area contributed by atoms with Crippen molar-refractivity contribution in [3.05, 3.63) is 45.8 Å². The average Bonchev–Trinajstić information content (AvgIpc) is 2.91. The number of hydrogen-bond acceptors (Lipinski definition) is 5. The monoisotopic (exact) mass is 300 g/mol. The standard InChI is InChI=1S/C12H11F3N4O2/c13-12(14,15)11-17-8-1-3-19(5-7(8)10(20)18-11)6-9-16-2-4-21-9/h2,4H,1,3,5-6H2,(H,17,18,20). The Bertz CT molecular complexity index is 694. The fourth-order valence-electron chi connectivity index (χ4n) is 2.27. The fraction of sp³-hybridized carbons (Fsp3) is 0.417. The molecular weight excluding hydrogens is 289 g/mol. The summed E-state index contributed by atoms with van der Waals surface area (Å²) in [5.74, 6) is -0.748. The van der Waals surface area contributed by atoms with Crippen LogP contribution in [0.2, 0.25) is 0 Å². The van der Waals surface area contributed by atoms with Crippen molar-refractivity contribution in [2.45, 2.75) is 25.7 Å². The van der Waals surface area contributed by atoms with Crippen molar-refractivity contribution in [3.8, 4) is 0 Å². The molecule has 2 aromatic heterocycles. The van der Waals surface area contributed by atoms with Gasteiger partial charge in [-0.2, -0.15) is 13.2 Å². The Morgan fingerprint density at radius 1 is 1.43 bits per heavy atom. The van der Waals surface area contributed by atoms with E-state index in [-0.39, 0.29) is 24.2 Å². The van der Waals surface area contributed by atoms with Gasteiger partial charge < -0.3 is 9.40 Å². The quantitative estimate of drug-likeness (QED) is 0.905. The second-order valence-electron chi connectivity index (χ2n) is 4.72. The zero-order chi connectivity index (χ0) is 15.0. The maximum absolute atomic E-state index is 12.6. The van der Waals surface area contributed by atoms with Gasteiger partial charge in [-0.05, 0) is 0 Å². The van der Waals surface area contributed by atoms with E-state index in [1.807, 2.05) is 4.90 Å². The summed E-state index contributed by atoms with van der Waals surface area (Å²) in [5.41, 5.74) is -0.278. The number of aromatic amines is 1. The van der Waals surface area contributed by atoms with Crippen LogP contribution in [0.4, 0.5) is 13.2 Å². The molecule has 3 heterocycles. The zero-order valence-electron chi connectivity index (χ0n) is 10.8. The fourth-order valence-corrected chi connectivity index (χ4v) is 2.27. The summed E-state index contributed by atoms with van der Waals surface area (Å²) in [6.45, 7) is 1.11. The first-order valence-corrected chi connectivity index (χ1v) is 6.23. The van der Waals surface area contributed by atoms with Gasteiger partial charge in [0.2, 0.25) is 11.7 Å². The van der Waals surface area contributed by atoms with E-state index in [1.54, 1.807) is 4.98 Å². The van der Waals surface area contributed by atoms with Gasteiger partial charge in [-0.1, -0.05) is 0 Å². The first-order chi connectivity index (χ1) is 9.93. The van der Waals surface area contributed by atoms with Crippen molar-refractivity contribution < 1.29 is 17.6 Å². The predicted octanol–water partition coefficient (Wildman–Crippen LogP) is 1.33. The van der Waals surface area contributed by atoms with E-state index in [0.29, 0.717) is 19.0 Å². The molecular formula is C12H11F3N4O2. The Balaban J connectivity index is 1.85. The van der Waals surface area contributed by atoms with E-state index in [4.69, 9.17) is 4.42 Å². The second kappa shape index (κ2) is 4.99. The number of nitrogens with one attached hydrogen (secondary N) is 1. The van der Waals surface area contributed by atoms with Gasteiger partial charge in [0.1, 0.15) is 6.26 Å². The molecule has 21 heavy (non-hydrogen) atoms. The topological polar surface area (TPSA) is 75.0 Å². The molecule has 0 radical (unpaired) electrons. The van der Waals surface area contributed by atoms with E-state index in [1.165, 1.54) is 12.5 Å². The molecule has 0 bridgehead atoms. The van der Waals surface area contributed by atoms with Gasteiger partial charge in [-0.15, -0.1) is 0 Å². The Kier molecular flexibility index (Phi) is 3.28. The third kappa shape index (κ3) is 2.82. The van der Waals surface area contributed by atoms with E-state index < -0.39 is 17.6 Å². The minimum Gasteiger partial charge on any atom is -0.448 e. The summed E-state index contributed by atoms with van der Waals surface area (Å²) >= 11 is 0. The smallest absolute Gasteiger partial charge is 0.448 e. The van der Waals surface area contributed by atoms with Crippen LogP contribution in [-0.4, -0.2) is 26.4 Å². The predicted molar refractivity (Wildman–Crippen MR) is 64.2 cm³/mol. The van der Waals surface area contributed by atoms with Crippen LogP contribution in [0.5, 0.6) is 0 Å². The number of rotatable bonds is 2. The van der Waals surface area contributed by atoms with Crippen LogP contribution in [0.3, 0.4) is 0 Å². The number of alkyl halides is 3. The SMILES string of the molecule is O=c1[nH]c(C(F)(F)F)nc2c1CN(Cc1ncco1)CC2. The molecule has 0 saturated heterocycles. The lowest BCUT2D eigenvalue weighted by atomic mass is 10.1. The Hall–Kier alpha value is -2.16. The number of H-pyrrole nitrogens is 1. The maximum Gasteiger partial charge on any atom is 0.449 e. The molecule has 0 unspecified atom stereocenters. The molecule has 1 aliphatic rings. The Morgan fingerprint density at radius 2 is 2.24 bits per heavy atom. The lowest BCUT2D eigenvalue weighted by Crippen LogP contribution is -2.36. The van der Waals surface area contributed by atoms with Crippen molar-refractivity contribution in [2.75, 3.05) is 6.54 Å². The first kappa shape index (κ1) is 13.8. The molecule has 112 valence electrons. The molecule has 0 aromatic carbocycles. The van der Waals surface area contributed by atoms with Crippen LogP contribution >= 0.6 is 0 Å².